The average Bonchev–Trinajstić information content (AvgIpc) is 3.00. The summed E-state index contributed by atoms with van der Waals surface area (Å²) >= 11 is 0. The Kier molecular flexibility index (Phi) is 8.09. The number of carbonyl (C=O) groups excluding carboxylic acids is 1. The predicted molar refractivity (Wildman–Crippen MR) is 116 cm³/mol. The van der Waals surface area contributed by atoms with E-state index in [1.54, 1.807) is 28.6 Å². The van der Waals surface area contributed by atoms with Crippen LogP contribution in [0.1, 0.15) is 68.6 Å². The lowest BCUT2D eigenvalue weighted by atomic mass is 10.1. The highest BCUT2D eigenvalue weighted by Gasteiger charge is 2.30. The molecule has 0 radical (unpaired) electrons. The summed E-state index contributed by atoms with van der Waals surface area (Å²) < 4.78 is 27.4. The fourth-order valence-electron chi connectivity index (χ4n) is 4.31. The van der Waals surface area contributed by atoms with Crippen molar-refractivity contribution in [3.05, 3.63) is 29.8 Å². The molecule has 0 bridgehead atoms. The van der Waals surface area contributed by atoms with Crippen molar-refractivity contribution in [2.75, 3.05) is 32.7 Å². The zero-order valence-electron chi connectivity index (χ0n) is 17.6. The second-order valence-corrected chi connectivity index (χ2v) is 10.2. The highest BCUT2D eigenvalue weighted by Crippen LogP contribution is 2.25. The van der Waals surface area contributed by atoms with Crippen LogP contribution in [0.3, 0.4) is 0 Å². The molecule has 29 heavy (non-hydrogen) atoms. The van der Waals surface area contributed by atoms with E-state index in [4.69, 9.17) is 0 Å². The third-order valence-corrected chi connectivity index (χ3v) is 8.13. The molecule has 1 N–H and O–H groups in total. The van der Waals surface area contributed by atoms with E-state index in [1.807, 2.05) is 6.92 Å². The van der Waals surface area contributed by atoms with Gasteiger partial charge in [0, 0.05) is 24.7 Å². The van der Waals surface area contributed by atoms with Gasteiger partial charge in [-0.1, -0.05) is 19.3 Å². The molecule has 1 aromatic rings. The summed E-state index contributed by atoms with van der Waals surface area (Å²) in [6.07, 6.45) is 9.02. The largest absolute Gasteiger partial charge is 0.352 e. The molecule has 2 saturated heterocycles. The van der Waals surface area contributed by atoms with Gasteiger partial charge in [-0.15, -0.1) is 0 Å². The maximum Gasteiger partial charge on any atom is 0.251 e. The standard InChI is InChI=1S/C22H35N3O3S/c1-19-9-4-7-18-25(19)29(27,28)21-12-10-20(11-13-21)22(26)23-14-8-17-24-15-5-2-3-6-16-24/h10-13,19H,2-9,14-18H2,1H3,(H,23,26). The van der Waals surface area contributed by atoms with Crippen molar-refractivity contribution in [2.45, 2.75) is 69.2 Å². The maximum absolute atomic E-state index is 12.9. The van der Waals surface area contributed by atoms with E-state index < -0.39 is 10.0 Å². The minimum Gasteiger partial charge on any atom is -0.352 e. The van der Waals surface area contributed by atoms with E-state index in [1.165, 1.54) is 38.8 Å². The first-order chi connectivity index (χ1) is 14.0. The molecule has 7 heteroatoms. The van der Waals surface area contributed by atoms with Gasteiger partial charge in [-0.25, -0.2) is 8.42 Å². The number of amides is 1. The summed E-state index contributed by atoms with van der Waals surface area (Å²) in [6, 6.07) is 6.38. The minimum absolute atomic E-state index is 0.0286. The van der Waals surface area contributed by atoms with Gasteiger partial charge in [0.25, 0.3) is 5.91 Å². The second kappa shape index (κ2) is 10.5. The lowest BCUT2D eigenvalue weighted by Crippen LogP contribution is -2.41. The molecular weight excluding hydrogens is 386 g/mol. The van der Waals surface area contributed by atoms with E-state index in [0.717, 1.165) is 32.2 Å². The van der Waals surface area contributed by atoms with Gasteiger partial charge in [0.15, 0.2) is 0 Å². The summed E-state index contributed by atoms with van der Waals surface area (Å²) in [4.78, 5) is 15.1. The predicted octanol–water partition coefficient (Wildman–Crippen LogP) is 3.25. The molecule has 0 aliphatic carbocycles. The normalized spacial score (nSPS) is 22.2. The third kappa shape index (κ3) is 6.03. The van der Waals surface area contributed by atoms with E-state index in [0.29, 0.717) is 18.7 Å². The number of sulfonamides is 1. The molecule has 162 valence electrons. The lowest BCUT2D eigenvalue weighted by molar-refractivity contribution is 0.0951. The van der Waals surface area contributed by atoms with Gasteiger partial charge >= 0.3 is 0 Å². The number of hydrogen-bond acceptors (Lipinski definition) is 4. The van der Waals surface area contributed by atoms with E-state index >= 15 is 0 Å². The molecule has 1 amide bonds. The monoisotopic (exact) mass is 421 g/mol. The first-order valence-corrected chi connectivity index (χ1v) is 12.5. The number of hydrogen-bond donors (Lipinski definition) is 1. The summed E-state index contributed by atoms with van der Waals surface area (Å²) in [6.45, 7) is 6.53. The summed E-state index contributed by atoms with van der Waals surface area (Å²) in [5.41, 5.74) is 0.505. The van der Waals surface area contributed by atoms with Gasteiger partial charge in [0.1, 0.15) is 0 Å². The summed E-state index contributed by atoms with van der Waals surface area (Å²) in [7, 11) is -3.49. The molecule has 0 saturated carbocycles. The molecule has 2 aliphatic rings. The topological polar surface area (TPSA) is 69.7 Å². The maximum atomic E-state index is 12.9. The number of rotatable bonds is 7. The average molecular weight is 422 g/mol. The number of nitrogens with one attached hydrogen (secondary N) is 1. The molecule has 0 spiro atoms. The smallest absolute Gasteiger partial charge is 0.251 e. The van der Waals surface area contributed by atoms with Crippen molar-refractivity contribution >= 4 is 15.9 Å². The second-order valence-electron chi connectivity index (χ2n) is 8.35. The van der Waals surface area contributed by atoms with Crippen LogP contribution in [0.2, 0.25) is 0 Å². The first kappa shape index (κ1) is 22.2. The van der Waals surface area contributed by atoms with Crippen LogP contribution in [0.25, 0.3) is 0 Å². The fourth-order valence-corrected chi connectivity index (χ4v) is 6.01. The van der Waals surface area contributed by atoms with Crippen molar-refractivity contribution in [3.8, 4) is 0 Å². The molecule has 2 heterocycles. The van der Waals surface area contributed by atoms with Crippen LogP contribution >= 0.6 is 0 Å². The molecule has 6 nitrogen and oxygen atoms in total. The Bertz CT molecular complexity index is 756. The number of nitrogens with zero attached hydrogens (tertiary/aromatic N) is 2. The van der Waals surface area contributed by atoms with Crippen molar-refractivity contribution in [1.29, 1.82) is 0 Å². The highest BCUT2D eigenvalue weighted by molar-refractivity contribution is 7.89. The van der Waals surface area contributed by atoms with E-state index in [-0.39, 0.29) is 16.8 Å². The van der Waals surface area contributed by atoms with Crippen molar-refractivity contribution in [1.82, 2.24) is 14.5 Å². The van der Waals surface area contributed by atoms with E-state index in [9.17, 15) is 13.2 Å². The van der Waals surface area contributed by atoms with Crippen LogP contribution in [0.5, 0.6) is 0 Å². The number of benzene rings is 1. The Morgan fingerprint density at radius 3 is 2.31 bits per heavy atom. The van der Waals surface area contributed by atoms with Crippen LogP contribution in [-0.2, 0) is 10.0 Å². The van der Waals surface area contributed by atoms with Crippen molar-refractivity contribution in [2.24, 2.45) is 0 Å². The third-order valence-electron chi connectivity index (χ3n) is 6.10. The Labute approximate surface area is 175 Å². The van der Waals surface area contributed by atoms with Crippen LogP contribution in [0.4, 0.5) is 0 Å². The van der Waals surface area contributed by atoms with Crippen molar-refractivity contribution in [3.63, 3.8) is 0 Å². The van der Waals surface area contributed by atoms with E-state index in [2.05, 4.69) is 10.2 Å². The van der Waals surface area contributed by atoms with Crippen LogP contribution < -0.4 is 5.32 Å². The minimum atomic E-state index is -3.49. The Morgan fingerprint density at radius 2 is 1.66 bits per heavy atom. The Balaban J connectivity index is 1.49. The highest BCUT2D eigenvalue weighted by atomic mass is 32.2. The number of piperidine rings is 1. The first-order valence-electron chi connectivity index (χ1n) is 11.1. The van der Waals surface area contributed by atoms with Gasteiger partial charge in [-0.3, -0.25) is 4.79 Å². The quantitative estimate of drug-likeness (QED) is 0.686. The van der Waals surface area contributed by atoms with Gasteiger partial charge in [0.2, 0.25) is 10.0 Å². The van der Waals surface area contributed by atoms with Crippen molar-refractivity contribution < 1.29 is 13.2 Å². The number of carbonyl (C=O) groups is 1. The molecule has 3 rings (SSSR count). The van der Waals surface area contributed by atoms with Crippen LogP contribution in [-0.4, -0.2) is 62.3 Å². The molecule has 1 atom stereocenters. The van der Waals surface area contributed by atoms with Gasteiger partial charge in [-0.2, -0.15) is 4.31 Å². The molecule has 1 aromatic carbocycles. The molecule has 2 fully saturated rings. The van der Waals surface area contributed by atoms with Gasteiger partial charge in [0.05, 0.1) is 4.90 Å². The fraction of sp³-hybridized carbons (Fsp3) is 0.682. The van der Waals surface area contributed by atoms with Gasteiger partial charge in [-0.05, 0) is 82.9 Å². The summed E-state index contributed by atoms with van der Waals surface area (Å²) in [5, 5.41) is 2.96. The van der Waals surface area contributed by atoms with Gasteiger partial charge < -0.3 is 10.2 Å². The zero-order chi connectivity index (χ0) is 20.7. The zero-order valence-corrected chi connectivity index (χ0v) is 18.4. The Hall–Kier alpha value is -1.44. The molecular formula is C22H35N3O3S. The Morgan fingerprint density at radius 1 is 1.00 bits per heavy atom. The molecule has 1 unspecified atom stereocenters. The van der Waals surface area contributed by atoms with Crippen LogP contribution in [0.15, 0.2) is 29.2 Å². The molecule has 0 aromatic heterocycles. The van der Waals surface area contributed by atoms with Crippen LogP contribution in [0, 0.1) is 0 Å². The lowest BCUT2D eigenvalue weighted by Gasteiger charge is -2.32. The SMILES string of the molecule is CC1CCCCN1S(=O)(=O)c1ccc(C(=O)NCCCN2CCCCCC2)cc1. The summed E-state index contributed by atoms with van der Waals surface area (Å²) in [5.74, 6) is -0.142. The molecule has 2 aliphatic heterocycles. The number of likely N-dealkylation sites (tertiary alicyclic amines) is 1.